The fourth-order valence-corrected chi connectivity index (χ4v) is 3.54. The summed E-state index contributed by atoms with van der Waals surface area (Å²) >= 11 is 3.49. The lowest BCUT2D eigenvalue weighted by Crippen LogP contribution is -2.21. The number of ether oxygens (including phenoxy) is 3. The molecule has 0 amide bonds. The Morgan fingerprint density at radius 3 is 2.56 bits per heavy atom. The fourth-order valence-electron chi connectivity index (χ4n) is 2.92. The molecule has 0 aromatic heterocycles. The molecule has 3 rings (SSSR count). The molecule has 1 heterocycles. The monoisotopic (exact) mass is 401 g/mol. The van der Waals surface area contributed by atoms with Crippen LogP contribution >= 0.6 is 15.9 Å². The highest BCUT2D eigenvalue weighted by Gasteiger charge is 2.31. The number of anilines is 1. The minimum Gasteiger partial charge on any atom is -0.493 e. The molecule has 1 aliphatic heterocycles. The van der Waals surface area contributed by atoms with E-state index in [0.29, 0.717) is 33.0 Å². The number of allylic oxidation sites excluding steroid dienone is 1. The zero-order chi connectivity index (χ0) is 18.1. The Balaban J connectivity index is 2.25. The molecule has 128 valence electrons. The molecule has 2 aromatic carbocycles. The van der Waals surface area contributed by atoms with Gasteiger partial charge < -0.3 is 25.7 Å². The highest BCUT2D eigenvalue weighted by molar-refractivity contribution is 9.10. The first-order valence-electron chi connectivity index (χ1n) is 7.38. The van der Waals surface area contributed by atoms with Crippen molar-refractivity contribution in [3.05, 3.63) is 57.4 Å². The van der Waals surface area contributed by atoms with Gasteiger partial charge in [-0.05, 0) is 39.7 Å². The summed E-state index contributed by atoms with van der Waals surface area (Å²) in [5.74, 6) is 1.33. The van der Waals surface area contributed by atoms with Gasteiger partial charge >= 0.3 is 0 Å². The maximum atomic E-state index is 9.61. The molecule has 0 spiro atoms. The third-order valence-corrected chi connectivity index (χ3v) is 4.62. The maximum Gasteiger partial charge on any atom is 0.205 e. The molecule has 0 saturated carbocycles. The van der Waals surface area contributed by atoms with Crippen LogP contribution in [0.3, 0.4) is 0 Å². The predicted octanol–water partition coefficient (Wildman–Crippen LogP) is 3.27. The first kappa shape index (κ1) is 17.0. The molecule has 0 bridgehead atoms. The first-order chi connectivity index (χ1) is 12.0. The second kappa shape index (κ2) is 6.57. The normalized spacial score (nSPS) is 15.8. The van der Waals surface area contributed by atoms with Crippen LogP contribution < -0.4 is 25.7 Å². The van der Waals surface area contributed by atoms with Crippen molar-refractivity contribution >= 4 is 21.6 Å². The van der Waals surface area contributed by atoms with E-state index in [1.807, 2.05) is 18.2 Å². The van der Waals surface area contributed by atoms with E-state index < -0.39 is 5.92 Å². The Hall–Kier alpha value is -2.85. The summed E-state index contributed by atoms with van der Waals surface area (Å²) in [5, 5.41) is 9.61. The number of halogens is 1. The minimum absolute atomic E-state index is 0.0662. The average molecular weight is 402 g/mol. The van der Waals surface area contributed by atoms with Crippen molar-refractivity contribution in [3.63, 3.8) is 0 Å². The number of rotatable bonds is 3. The second-order valence-corrected chi connectivity index (χ2v) is 6.31. The molecule has 2 aromatic rings. The molecule has 4 N–H and O–H groups in total. The molecule has 0 aliphatic carbocycles. The number of hydrogen-bond acceptors (Lipinski definition) is 6. The Morgan fingerprint density at radius 1 is 1.16 bits per heavy atom. The number of hydrogen-bond donors (Lipinski definition) is 2. The zero-order valence-electron chi connectivity index (χ0n) is 13.7. The lowest BCUT2D eigenvalue weighted by molar-refractivity contribution is 0.352. The van der Waals surface area contributed by atoms with Crippen LogP contribution in [0.5, 0.6) is 17.2 Å². The molecule has 0 fully saturated rings. The average Bonchev–Trinajstić information content (AvgIpc) is 2.59. The number of nitrogen functional groups attached to an aromatic ring is 1. The maximum absolute atomic E-state index is 9.61. The number of benzene rings is 2. The van der Waals surface area contributed by atoms with E-state index in [1.54, 1.807) is 26.4 Å². The molecule has 0 unspecified atom stereocenters. The Labute approximate surface area is 153 Å². The van der Waals surface area contributed by atoms with Crippen molar-refractivity contribution in [1.29, 1.82) is 5.26 Å². The van der Waals surface area contributed by atoms with E-state index in [-0.39, 0.29) is 5.88 Å². The number of fused-ring (bicyclic) bond motifs is 1. The summed E-state index contributed by atoms with van der Waals surface area (Å²) in [6.07, 6.45) is 0. The Morgan fingerprint density at radius 2 is 1.92 bits per heavy atom. The van der Waals surface area contributed by atoms with Crippen LogP contribution in [0.25, 0.3) is 0 Å². The van der Waals surface area contributed by atoms with Gasteiger partial charge in [0.2, 0.25) is 5.88 Å². The van der Waals surface area contributed by atoms with E-state index >= 15 is 0 Å². The minimum atomic E-state index is -0.398. The fraction of sp³-hybridized carbons (Fsp3) is 0.167. The van der Waals surface area contributed by atoms with Crippen molar-refractivity contribution in [2.75, 3.05) is 20.0 Å². The molecule has 0 saturated heterocycles. The summed E-state index contributed by atoms with van der Waals surface area (Å²) < 4.78 is 17.1. The number of nitrogens with two attached hydrogens (primary N) is 2. The number of nitrogens with zero attached hydrogens (tertiary/aromatic N) is 1. The van der Waals surface area contributed by atoms with Gasteiger partial charge in [-0.1, -0.05) is 6.07 Å². The van der Waals surface area contributed by atoms with Gasteiger partial charge in [-0.3, -0.25) is 0 Å². The van der Waals surface area contributed by atoms with Gasteiger partial charge in [0.25, 0.3) is 0 Å². The van der Waals surface area contributed by atoms with E-state index in [9.17, 15) is 5.26 Å². The predicted molar refractivity (Wildman–Crippen MR) is 97.4 cm³/mol. The summed E-state index contributed by atoms with van der Waals surface area (Å²) in [6.45, 7) is 0. The summed E-state index contributed by atoms with van der Waals surface area (Å²) in [7, 11) is 3.12. The summed E-state index contributed by atoms with van der Waals surface area (Å²) in [5.41, 5.74) is 14.3. The SMILES string of the molecule is COc1cc([C@@H]2C(C#N)=C(N)Oc3cc(N)ccc32)cc(Br)c1OC. The van der Waals surface area contributed by atoms with Crippen LogP contribution in [-0.2, 0) is 0 Å². The van der Waals surface area contributed by atoms with E-state index in [1.165, 1.54) is 0 Å². The highest BCUT2D eigenvalue weighted by atomic mass is 79.9. The standard InChI is InChI=1S/C18H16BrN3O3/c1-23-15-6-9(5-13(19)17(15)24-2)16-11-4-3-10(21)7-14(11)25-18(22)12(16)8-20/h3-7,16H,21-22H2,1-2H3/t16-/m0/s1. The van der Waals surface area contributed by atoms with Crippen LogP contribution in [0.2, 0.25) is 0 Å². The quantitative estimate of drug-likeness (QED) is 0.764. The molecule has 6 nitrogen and oxygen atoms in total. The zero-order valence-corrected chi connectivity index (χ0v) is 15.3. The van der Waals surface area contributed by atoms with E-state index in [0.717, 1.165) is 11.1 Å². The molecular formula is C18H16BrN3O3. The van der Waals surface area contributed by atoms with Gasteiger partial charge in [0, 0.05) is 17.3 Å². The second-order valence-electron chi connectivity index (χ2n) is 5.46. The Kier molecular flexibility index (Phi) is 4.47. The van der Waals surface area contributed by atoms with Crippen molar-refractivity contribution in [2.24, 2.45) is 5.73 Å². The summed E-state index contributed by atoms with van der Waals surface area (Å²) in [4.78, 5) is 0. The molecule has 25 heavy (non-hydrogen) atoms. The van der Waals surface area contributed by atoms with Crippen molar-refractivity contribution < 1.29 is 14.2 Å². The van der Waals surface area contributed by atoms with Gasteiger partial charge in [0.15, 0.2) is 11.5 Å². The van der Waals surface area contributed by atoms with Gasteiger partial charge in [-0.25, -0.2) is 0 Å². The molecule has 0 radical (unpaired) electrons. The topological polar surface area (TPSA) is 104 Å². The lowest BCUT2D eigenvalue weighted by atomic mass is 9.83. The Bertz CT molecular complexity index is 919. The van der Waals surface area contributed by atoms with Gasteiger partial charge in [0.05, 0.1) is 24.6 Å². The van der Waals surface area contributed by atoms with E-state index in [2.05, 4.69) is 22.0 Å². The molecule has 1 atom stereocenters. The molecule has 7 heteroatoms. The number of methoxy groups -OCH3 is 2. The van der Waals surface area contributed by atoms with Gasteiger partial charge in [-0.2, -0.15) is 5.26 Å². The largest absolute Gasteiger partial charge is 0.493 e. The van der Waals surface area contributed by atoms with Crippen LogP contribution in [-0.4, -0.2) is 14.2 Å². The third-order valence-electron chi connectivity index (χ3n) is 4.03. The highest BCUT2D eigenvalue weighted by Crippen LogP contribution is 2.46. The smallest absolute Gasteiger partial charge is 0.205 e. The number of nitriles is 1. The van der Waals surface area contributed by atoms with E-state index in [4.69, 9.17) is 25.7 Å². The molecule has 1 aliphatic rings. The third kappa shape index (κ3) is 2.85. The first-order valence-corrected chi connectivity index (χ1v) is 8.17. The van der Waals surface area contributed by atoms with Crippen LogP contribution in [0.1, 0.15) is 17.0 Å². The van der Waals surface area contributed by atoms with Gasteiger partial charge in [0.1, 0.15) is 17.4 Å². The van der Waals surface area contributed by atoms with Crippen LogP contribution in [0.4, 0.5) is 5.69 Å². The lowest BCUT2D eigenvalue weighted by Gasteiger charge is -2.27. The van der Waals surface area contributed by atoms with Crippen LogP contribution in [0.15, 0.2) is 46.3 Å². The molecular weight excluding hydrogens is 386 g/mol. The van der Waals surface area contributed by atoms with Crippen molar-refractivity contribution in [2.45, 2.75) is 5.92 Å². The van der Waals surface area contributed by atoms with Gasteiger partial charge in [-0.15, -0.1) is 0 Å². The summed E-state index contributed by atoms with van der Waals surface area (Å²) in [6, 6.07) is 11.2. The van der Waals surface area contributed by atoms with Crippen LogP contribution in [0, 0.1) is 11.3 Å². The van der Waals surface area contributed by atoms with Crippen molar-refractivity contribution in [3.8, 4) is 23.3 Å². The van der Waals surface area contributed by atoms with Crippen molar-refractivity contribution in [1.82, 2.24) is 0 Å².